The zero-order valence-corrected chi connectivity index (χ0v) is 10.4. The fourth-order valence-electron chi connectivity index (χ4n) is 2.26. The molecule has 1 aromatic carbocycles. The van der Waals surface area contributed by atoms with E-state index in [2.05, 4.69) is 5.16 Å². The van der Waals surface area contributed by atoms with Crippen molar-refractivity contribution in [1.82, 2.24) is 5.16 Å². The van der Waals surface area contributed by atoms with Crippen LogP contribution in [0.4, 0.5) is 10.3 Å². The lowest BCUT2D eigenvalue weighted by molar-refractivity contribution is 0.369. The van der Waals surface area contributed by atoms with Gasteiger partial charge in [0.25, 0.3) is 0 Å². The standard InChI is InChI=1S/C13H12ClFN2O/c14-8-5-2-6-9(15)10(8)11-12(7-3-1-4-7)17-18-13(11)16/h2,5-7H,1,3-4,16H2. The number of benzene rings is 1. The van der Waals surface area contributed by atoms with Gasteiger partial charge in [0, 0.05) is 11.5 Å². The summed E-state index contributed by atoms with van der Waals surface area (Å²) in [5, 5.41) is 4.30. The Bertz CT molecular complexity index is 572. The zero-order valence-electron chi connectivity index (χ0n) is 9.62. The Labute approximate surface area is 109 Å². The fourth-order valence-corrected chi connectivity index (χ4v) is 2.52. The molecular formula is C13H12ClFN2O. The third-order valence-corrected chi connectivity index (χ3v) is 3.76. The summed E-state index contributed by atoms with van der Waals surface area (Å²) in [5.41, 5.74) is 7.31. The molecular weight excluding hydrogens is 255 g/mol. The van der Waals surface area contributed by atoms with Crippen LogP contribution in [0.1, 0.15) is 30.9 Å². The lowest BCUT2D eigenvalue weighted by Crippen LogP contribution is -2.10. The largest absolute Gasteiger partial charge is 0.367 e. The molecule has 94 valence electrons. The van der Waals surface area contributed by atoms with Crippen LogP contribution in [0.5, 0.6) is 0 Å². The van der Waals surface area contributed by atoms with Gasteiger partial charge in [-0.15, -0.1) is 0 Å². The highest BCUT2D eigenvalue weighted by Crippen LogP contribution is 2.45. The molecule has 1 saturated carbocycles. The van der Waals surface area contributed by atoms with Gasteiger partial charge in [0.15, 0.2) is 0 Å². The Morgan fingerprint density at radius 3 is 2.72 bits per heavy atom. The van der Waals surface area contributed by atoms with Gasteiger partial charge in [-0.25, -0.2) is 4.39 Å². The molecule has 1 aromatic heterocycles. The Morgan fingerprint density at radius 2 is 2.11 bits per heavy atom. The van der Waals surface area contributed by atoms with Gasteiger partial charge in [0.05, 0.1) is 16.3 Å². The predicted molar refractivity (Wildman–Crippen MR) is 67.9 cm³/mol. The minimum Gasteiger partial charge on any atom is -0.367 e. The van der Waals surface area contributed by atoms with E-state index in [0.717, 1.165) is 25.0 Å². The van der Waals surface area contributed by atoms with E-state index in [0.29, 0.717) is 22.1 Å². The van der Waals surface area contributed by atoms with Crippen molar-refractivity contribution in [1.29, 1.82) is 0 Å². The zero-order chi connectivity index (χ0) is 12.7. The smallest absolute Gasteiger partial charge is 0.230 e. The molecule has 0 radical (unpaired) electrons. The van der Waals surface area contributed by atoms with E-state index >= 15 is 0 Å². The van der Waals surface area contributed by atoms with Gasteiger partial charge in [0.2, 0.25) is 5.88 Å². The molecule has 1 aliphatic carbocycles. The first kappa shape index (κ1) is 11.5. The topological polar surface area (TPSA) is 52.0 Å². The normalized spacial score (nSPS) is 15.7. The van der Waals surface area contributed by atoms with E-state index in [1.54, 1.807) is 12.1 Å². The van der Waals surface area contributed by atoms with Gasteiger partial charge in [-0.2, -0.15) is 0 Å². The maximum atomic E-state index is 13.9. The number of hydrogen-bond donors (Lipinski definition) is 1. The summed E-state index contributed by atoms with van der Waals surface area (Å²) in [4.78, 5) is 0. The summed E-state index contributed by atoms with van der Waals surface area (Å²) in [7, 11) is 0. The maximum absolute atomic E-state index is 13.9. The Balaban J connectivity index is 2.19. The number of nitrogen functional groups attached to an aromatic ring is 1. The van der Waals surface area contributed by atoms with Crippen molar-refractivity contribution < 1.29 is 8.91 Å². The Kier molecular flexibility index (Phi) is 2.74. The summed E-state index contributed by atoms with van der Waals surface area (Å²) >= 11 is 6.07. The van der Waals surface area contributed by atoms with E-state index in [1.807, 2.05) is 0 Å². The highest BCUT2D eigenvalue weighted by molar-refractivity contribution is 6.33. The molecule has 1 heterocycles. The minimum atomic E-state index is -0.405. The molecule has 2 aromatic rings. The van der Waals surface area contributed by atoms with Crippen LogP contribution in [0.3, 0.4) is 0 Å². The van der Waals surface area contributed by atoms with E-state index in [-0.39, 0.29) is 5.88 Å². The van der Waals surface area contributed by atoms with Crippen LogP contribution in [0.2, 0.25) is 5.02 Å². The summed E-state index contributed by atoms with van der Waals surface area (Å²) in [5.74, 6) is 0.0265. The summed E-state index contributed by atoms with van der Waals surface area (Å²) in [6, 6.07) is 4.56. The lowest BCUT2D eigenvalue weighted by atomic mass is 9.80. The fraction of sp³-hybridized carbons (Fsp3) is 0.308. The van der Waals surface area contributed by atoms with Crippen LogP contribution in [0.25, 0.3) is 11.1 Å². The monoisotopic (exact) mass is 266 g/mol. The minimum absolute atomic E-state index is 0.129. The van der Waals surface area contributed by atoms with E-state index in [9.17, 15) is 4.39 Å². The van der Waals surface area contributed by atoms with Crippen molar-refractivity contribution in [3.05, 3.63) is 34.7 Å². The van der Waals surface area contributed by atoms with Crippen molar-refractivity contribution >= 4 is 17.5 Å². The average Bonchev–Trinajstić information content (AvgIpc) is 2.59. The number of nitrogens with two attached hydrogens (primary N) is 1. The first-order chi connectivity index (χ1) is 8.68. The van der Waals surface area contributed by atoms with Gasteiger partial charge in [-0.3, -0.25) is 0 Å². The molecule has 1 fully saturated rings. The van der Waals surface area contributed by atoms with Gasteiger partial charge in [0.1, 0.15) is 5.82 Å². The molecule has 1 aliphatic rings. The maximum Gasteiger partial charge on any atom is 0.230 e. The molecule has 0 spiro atoms. The Hall–Kier alpha value is -1.55. The van der Waals surface area contributed by atoms with Crippen LogP contribution in [-0.2, 0) is 0 Å². The van der Waals surface area contributed by atoms with E-state index in [1.165, 1.54) is 6.07 Å². The van der Waals surface area contributed by atoms with E-state index < -0.39 is 5.82 Å². The first-order valence-electron chi connectivity index (χ1n) is 5.88. The molecule has 0 saturated heterocycles. The SMILES string of the molecule is Nc1onc(C2CCC2)c1-c1c(F)cccc1Cl. The Morgan fingerprint density at radius 1 is 1.33 bits per heavy atom. The van der Waals surface area contributed by atoms with Gasteiger partial charge in [-0.05, 0) is 25.0 Å². The third kappa shape index (κ3) is 1.68. The average molecular weight is 267 g/mol. The van der Waals surface area contributed by atoms with Gasteiger partial charge in [-0.1, -0.05) is 29.2 Å². The van der Waals surface area contributed by atoms with Crippen molar-refractivity contribution in [2.45, 2.75) is 25.2 Å². The molecule has 0 bridgehead atoms. The van der Waals surface area contributed by atoms with Gasteiger partial charge >= 0.3 is 0 Å². The molecule has 3 nitrogen and oxygen atoms in total. The second kappa shape index (κ2) is 4.28. The molecule has 18 heavy (non-hydrogen) atoms. The molecule has 0 aliphatic heterocycles. The van der Waals surface area contributed by atoms with Crippen molar-refractivity contribution in [3.8, 4) is 11.1 Å². The summed E-state index contributed by atoms with van der Waals surface area (Å²) in [6.45, 7) is 0. The van der Waals surface area contributed by atoms with Crippen molar-refractivity contribution in [2.24, 2.45) is 0 Å². The molecule has 2 N–H and O–H groups in total. The first-order valence-corrected chi connectivity index (χ1v) is 6.25. The predicted octanol–water partition coefficient (Wildman–Crippen LogP) is 3.98. The number of rotatable bonds is 2. The molecule has 0 unspecified atom stereocenters. The number of nitrogens with zero attached hydrogens (tertiary/aromatic N) is 1. The quantitative estimate of drug-likeness (QED) is 0.894. The number of anilines is 1. The number of aromatic nitrogens is 1. The van der Waals surface area contributed by atoms with Crippen LogP contribution in [-0.4, -0.2) is 5.16 Å². The van der Waals surface area contributed by atoms with E-state index in [4.69, 9.17) is 21.9 Å². The van der Waals surface area contributed by atoms with Crippen molar-refractivity contribution in [3.63, 3.8) is 0 Å². The highest BCUT2D eigenvalue weighted by atomic mass is 35.5. The molecule has 0 atom stereocenters. The molecule has 3 rings (SSSR count). The highest BCUT2D eigenvalue weighted by Gasteiger charge is 2.30. The lowest BCUT2D eigenvalue weighted by Gasteiger charge is -2.24. The second-order valence-corrected chi connectivity index (χ2v) is 4.94. The summed E-state index contributed by atoms with van der Waals surface area (Å²) < 4.78 is 19.0. The van der Waals surface area contributed by atoms with Crippen LogP contribution < -0.4 is 5.73 Å². The van der Waals surface area contributed by atoms with Crippen molar-refractivity contribution in [2.75, 3.05) is 5.73 Å². The van der Waals surface area contributed by atoms with Crippen LogP contribution in [0, 0.1) is 5.82 Å². The third-order valence-electron chi connectivity index (χ3n) is 3.45. The summed E-state index contributed by atoms with van der Waals surface area (Å²) in [6.07, 6.45) is 3.22. The number of halogens is 2. The number of hydrogen-bond acceptors (Lipinski definition) is 3. The molecule has 5 heteroatoms. The van der Waals surface area contributed by atoms with Crippen LogP contribution in [0.15, 0.2) is 22.7 Å². The van der Waals surface area contributed by atoms with Crippen LogP contribution >= 0.6 is 11.6 Å². The second-order valence-electron chi connectivity index (χ2n) is 4.53. The van der Waals surface area contributed by atoms with Gasteiger partial charge < -0.3 is 10.3 Å². The molecule has 0 amide bonds.